The van der Waals surface area contributed by atoms with Crippen molar-refractivity contribution in [3.63, 3.8) is 0 Å². The van der Waals surface area contributed by atoms with Gasteiger partial charge in [0.15, 0.2) is 12.2 Å². The molecule has 6 atom stereocenters. The number of nitrogens with zero attached hydrogens (tertiary/aromatic N) is 1. The van der Waals surface area contributed by atoms with E-state index in [4.69, 9.17) is 23.7 Å². The lowest BCUT2D eigenvalue weighted by molar-refractivity contribution is -0.230. The molecule has 198 valence electrons. The molecule has 36 heavy (non-hydrogen) atoms. The lowest BCUT2D eigenvalue weighted by Gasteiger charge is -2.62. The van der Waals surface area contributed by atoms with Crippen LogP contribution in [0.25, 0.3) is 0 Å². The van der Waals surface area contributed by atoms with Gasteiger partial charge in [-0.25, -0.2) is 0 Å². The average Bonchev–Trinajstić information content (AvgIpc) is 3.45. The Morgan fingerprint density at radius 2 is 1.67 bits per heavy atom. The van der Waals surface area contributed by atoms with Crippen molar-refractivity contribution in [2.75, 3.05) is 32.8 Å². The average molecular weight is 504 g/mol. The minimum atomic E-state index is -0.796. The Morgan fingerprint density at radius 3 is 2.31 bits per heavy atom. The van der Waals surface area contributed by atoms with E-state index in [0.717, 1.165) is 37.5 Å². The number of carbonyl (C=O) groups is 3. The third kappa shape index (κ3) is 3.34. The molecule has 6 bridgehead atoms. The van der Waals surface area contributed by atoms with Gasteiger partial charge in [-0.1, -0.05) is 13.8 Å². The summed E-state index contributed by atoms with van der Waals surface area (Å²) in [4.78, 5) is 41.5. The monoisotopic (exact) mass is 503 g/mol. The number of hydrogen-bond acceptors (Lipinski definition) is 9. The zero-order valence-electron chi connectivity index (χ0n) is 21.1. The number of esters is 3. The SMILES string of the molecule is CC(C)C1(OC(=O)C2C3OC4C(OC(=O)C42)C3OC(=O)CN2CCOCC2)C2CC3CC(C2)CC1C3. The number of morpholine rings is 1. The largest absolute Gasteiger partial charge is 0.458 e. The summed E-state index contributed by atoms with van der Waals surface area (Å²) in [5.74, 6) is -0.228. The molecule has 4 aliphatic heterocycles. The summed E-state index contributed by atoms with van der Waals surface area (Å²) in [6, 6.07) is 0. The smallest absolute Gasteiger partial charge is 0.320 e. The van der Waals surface area contributed by atoms with Gasteiger partial charge in [-0.15, -0.1) is 0 Å². The molecule has 0 radical (unpaired) electrons. The van der Waals surface area contributed by atoms with Crippen molar-refractivity contribution in [1.82, 2.24) is 4.90 Å². The zero-order valence-corrected chi connectivity index (χ0v) is 21.1. The van der Waals surface area contributed by atoms with Crippen LogP contribution in [-0.4, -0.2) is 85.7 Å². The summed E-state index contributed by atoms with van der Waals surface area (Å²) in [6.07, 6.45) is 3.13. The fourth-order valence-corrected chi connectivity index (χ4v) is 9.26. The number of rotatable bonds is 6. The van der Waals surface area contributed by atoms with Crippen LogP contribution in [0, 0.1) is 41.4 Å². The lowest BCUT2D eigenvalue weighted by Crippen LogP contribution is -2.63. The molecular formula is C27H37NO8. The normalized spacial score (nSPS) is 48.5. The van der Waals surface area contributed by atoms with Gasteiger partial charge in [0.2, 0.25) is 0 Å². The molecule has 0 aromatic rings. The van der Waals surface area contributed by atoms with E-state index in [2.05, 4.69) is 13.8 Å². The molecule has 0 aromatic heterocycles. The Hall–Kier alpha value is -1.71. The molecule has 0 amide bonds. The van der Waals surface area contributed by atoms with Gasteiger partial charge in [0.1, 0.15) is 29.6 Å². The highest BCUT2D eigenvalue weighted by Gasteiger charge is 2.73. The summed E-state index contributed by atoms with van der Waals surface area (Å²) in [6.45, 7) is 6.98. The zero-order chi connectivity index (χ0) is 24.8. The van der Waals surface area contributed by atoms with E-state index >= 15 is 0 Å². The quantitative estimate of drug-likeness (QED) is 0.395. The maximum absolute atomic E-state index is 13.9. The second-order valence-electron chi connectivity index (χ2n) is 12.6. The van der Waals surface area contributed by atoms with E-state index in [1.165, 1.54) is 6.42 Å². The van der Waals surface area contributed by atoms with E-state index in [9.17, 15) is 14.4 Å². The molecule has 8 fully saturated rings. The molecule has 0 N–H and O–H groups in total. The molecule has 4 aliphatic carbocycles. The Balaban J connectivity index is 1.10. The fraction of sp³-hybridized carbons (Fsp3) is 0.889. The maximum Gasteiger partial charge on any atom is 0.320 e. The van der Waals surface area contributed by atoms with E-state index in [1.54, 1.807) is 0 Å². The van der Waals surface area contributed by atoms with Crippen LogP contribution in [-0.2, 0) is 38.1 Å². The minimum absolute atomic E-state index is 0.138. The standard InChI is InChI=1S/C27H37NO8/c1-13(2)27(16-8-14-7-15(10-16)11-17(27)9-14)36-26(31)20-19-21-24(35-25(19)30)23(22(20)34-21)33-18(29)12-28-3-5-32-6-4-28/h13-17,19-24H,3-12H2,1-2H3. The van der Waals surface area contributed by atoms with E-state index in [-0.39, 0.29) is 18.4 Å². The van der Waals surface area contributed by atoms with Crippen LogP contribution in [0.1, 0.15) is 46.0 Å². The van der Waals surface area contributed by atoms with Crippen molar-refractivity contribution in [2.24, 2.45) is 41.4 Å². The van der Waals surface area contributed by atoms with Crippen LogP contribution >= 0.6 is 0 Å². The van der Waals surface area contributed by atoms with E-state index in [1.807, 2.05) is 4.90 Å². The van der Waals surface area contributed by atoms with E-state index in [0.29, 0.717) is 38.1 Å². The van der Waals surface area contributed by atoms with Gasteiger partial charge in [0.25, 0.3) is 0 Å². The van der Waals surface area contributed by atoms with Crippen LogP contribution < -0.4 is 0 Å². The van der Waals surface area contributed by atoms with Crippen molar-refractivity contribution in [1.29, 1.82) is 0 Å². The Labute approximate surface area is 211 Å². The molecule has 8 rings (SSSR count). The minimum Gasteiger partial charge on any atom is -0.458 e. The van der Waals surface area contributed by atoms with Gasteiger partial charge < -0.3 is 23.7 Å². The lowest BCUT2D eigenvalue weighted by atomic mass is 9.47. The molecule has 8 aliphatic rings. The van der Waals surface area contributed by atoms with Crippen molar-refractivity contribution in [3.8, 4) is 0 Å². The van der Waals surface area contributed by atoms with Gasteiger partial charge in [-0.05, 0) is 61.7 Å². The highest BCUT2D eigenvalue weighted by atomic mass is 16.7. The second-order valence-corrected chi connectivity index (χ2v) is 12.6. The molecule has 9 nitrogen and oxygen atoms in total. The fourth-order valence-electron chi connectivity index (χ4n) is 9.26. The topological polar surface area (TPSA) is 101 Å². The number of ether oxygens (including phenoxy) is 5. The van der Waals surface area contributed by atoms with Crippen LogP contribution in [0.5, 0.6) is 0 Å². The van der Waals surface area contributed by atoms with Crippen LogP contribution in [0.15, 0.2) is 0 Å². The Bertz CT molecular complexity index is 916. The molecule has 0 aromatic carbocycles. The molecular weight excluding hydrogens is 466 g/mol. The number of hydrogen-bond donors (Lipinski definition) is 0. The van der Waals surface area contributed by atoms with Crippen LogP contribution in [0.2, 0.25) is 0 Å². The predicted octanol–water partition coefficient (Wildman–Crippen LogP) is 1.56. The maximum atomic E-state index is 13.9. The molecule has 4 heterocycles. The summed E-state index contributed by atoms with van der Waals surface area (Å²) in [5.41, 5.74) is -0.489. The molecule has 4 saturated heterocycles. The van der Waals surface area contributed by atoms with Crippen molar-refractivity contribution >= 4 is 17.9 Å². The van der Waals surface area contributed by atoms with Gasteiger partial charge in [-0.2, -0.15) is 0 Å². The predicted molar refractivity (Wildman–Crippen MR) is 123 cm³/mol. The molecule has 0 spiro atoms. The second kappa shape index (κ2) is 8.40. The van der Waals surface area contributed by atoms with Crippen molar-refractivity contribution in [2.45, 2.75) is 76.0 Å². The molecule has 6 unspecified atom stereocenters. The van der Waals surface area contributed by atoms with Crippen molar-refractivity contribution < 1.29 is 38.1 Å². The van der Waals surface area contributed by atoms with E-state index < -0.39 is 53.8 Å². The highest BCUT2D eigenvalue weighted by molar-refractivity contribution is 5.87. The third-order valence-corrected chi connectivity index (χ3v) is 10.5. The first-order valence-electron chi connectivity index (χ1n) is 13.9. The summed E-state index contributed by atoms with van der Waals surface area (Å²) >= 11 is 0. The van der Waals surface area contributed by atoms with Crippen LogP contribution in [0.4, 0.5) is 0 Å². The van der Waals surface area contributed by atoms with Gasteiger partial charge in [-0.3, -0.25) is 19.3 Å². The number of carbonyl (C=O) groups excluding carboxylic acids is 3. The first kappa shape index (κ1) is 23.4. The first-order chi connectivity index (χ1) is 17.3. The molecule has 4 saturated carbocycles. The third-order valence-electron chi connectivity index (χ3n) is 10.5. The summed E-state index contributed by atoms with van der Waals surface area (Å²) in [5, 5.41) is 0. The van der Waals surface area contributed by atoms with Gasteiger partial charge in [0, 0.05) is 13.1 Å². The van der Waals surface area contributed by atoms with Crippen molar-refractivity contribution in [3.05, 3.63) is 0 Å². The highest BCUT2D eigenvalue weighted by Crippen LogP contribution is 2.62. The van der Waals surface area contributed by atoms with Gasteiger partial charge >= 0.3 is 17.9 Å². The van der Waals surface area contributed by atoms with Gasteiger partial charge in [0.05, 0.1) is 19.8 Å². The molecule has 9 heteroatoms. The summed E-state index contributed by atoms with van der Waals surface area (Å²) in [7, 11) is 0. The Kier molecular flexibility index (Phi) is 5.46. The Morgan fingerprint density at radius 1 is 1.00 bits per heavy atom. The van der Waals surface area contributed by atoms with Crippen LogP contribution in [0.3, 0.4) is 0 Å². The number of fused-ring (bicyclic) bond motifs is 1. The summed E-state index contributed by atoms with van der Waals surface area (Å²) < 4.78 is 29.5. The first-order valence-corrected chi connectivity index (χ1v) is 13.9.